The minimum atomic E-state index is -0.558. The van der Waals surface area contributed by atoms with Gasteiger partial charge in [0.25, 0.3) is 0 Å². The molecular weight excluding hydrogens is 154 g/mol. The third kappa shape index (κ3) is 2.64. The van der Waals surface area contributed by atoms with Crippen molar-refractivity contribution in [2.24, 2.45) is 17.2 Å². The van der Waals surface area contributed by atoms with E-state index in [2.05, 4.69) is 25.8 Å². The van der Waals surface area contributed by atoms with E-state index < -0.39 is 5.60 Å². The monoisotopic (exact) mass is 171 g/mol. The molecule has 70 valence electrons. The van der Waals surface area contributed by atoms with Crippen LogP contribution >= 0.6 is 0 Å². The molecule has 0 aliphatic rings. The van der Waals surface area contributed by atoms with Gasteiger partial charge in [0.2, 0.25) is 0 Å². The summed E-state index contributed by atoms with van der Waals surface area (Å²) >= 11 is 0. The number of rotatable bonds is 5. The topological polar surface area (TPSA) is 38.7 Å². The zero-order valence-electron chi connectivity index (χ0n) is 8.20. The lowest BCUT2D eigenvalue weighted by Gasteiger charge is -2.31. The number of hydrogen-bond acceptors (Lipinski definition) is 3. The van der Waals surface area contributed by atoms with E-state index >= 15 is 0 Å². The fraction of sp³-hybridized carbons (Fsp3) is 0.778. The second kappa shape index (κ2) is 4.24. The summed E-state index contributed by atoms with van der Waals surface area (Å²) in [7, 11) is 0. The Kier molecular flexibility index (Phi) is 3.93. The molecule has 0 radical (unpaired) electrons. The summed E-state index contributed by atoms with van der Waals surface area (Å²) in [5, 5.41) is 2.46. The van der Waals surface area contributed by atoms with Crippen LogP contribution in [-0.4, -0.2) is 5.60 Å². The highest BCUT2D eigenvalue weighted by atomic mass is 16.7. The van der Waals surface area contributed by atoms with Gasteiger partial charge in [0.1, 0.15) is 5.60 Å². The zero-order valence-corrected chi connectivity index (χ0v) is 8.20. The average Bonchev–Trinajstić information content (AvgIpc) is 1.86. The highest BCUT2D eigenvalue weighted by Crippen LogP contribution is 2.28. The van der Waals surface area contributed by atoms with Gasteiger partial charge in [0.15, 0.2) is 5.34 Å². The van der Waals surface area contributed by atoms with Gasteiger partial charge < -0.3 is 4.84 Å². The van der Waals surface area contributed by atoms with Crippen molar-refractivity contribution < 1.29 is 4.84 Å². The van der Waals surface area contributed by atoms with Gasteiger partial charge in [-0.15, -0.1) is 11.5 Å². The summed E-state index contributed by atoms with van der Waals surface area (Å²) in [6.45, 7) is 11.5. The molecule has 0 saturated carbocycles. The molecule has 0 saturated heterocycles. The molecule has 3 heteroatoms. The summed E-state index contributed by atoms with van der Waals surface area (Å²) < 4.78 is 0. The van der Waals surface area contributed by atoms with Crippen LogP contribution < -0.4 is 0 Å². The lowest BCUT2D eigenvalue weighted by molar-refractivity contribution is -0.0588. The van der Waals surface area contributed by atoms with Crippen LogP contribution in [0.25, 0.3) is 0 Å². The molecule has 0 aliphatic heterocycles. The molecule has 0 spiro atoms. The Hall–Kier alpha value is -0.860. The SMILES string of the molecule is C=CC(C(C)C)C(C)(C)ON=O. The molecule has 0 aromatic carbocycles. The quantitative estimate of drug-likeness (QED) is 0.362. The van der Waals surface area contributed by atoms with E-state index in [0.717, 1.165) is 0 Å². The van der Waals surface area contributed by atoms with E-state index in [1.165, 1.54) is 0 Å². The van der Waals surface area contributed by atoms with Crippen molar-refractivity contribution in [2.75, 3.05) is 0 Å². The zero-order chi connectivity index (χ0) is 9.78. The van der Waals surface area contributed by atoms with E-state index in [4.69, 9.17) is 4.84 Å². The first-order chi connectivity index (χ1) is 5.45. The van der Waals surface area contributed by atoms with Gasteiger partial charge in [-0.05, 0) is 19.8 Å². The number of hydrogen-bond donors (Lipinski definition) is 0. The van der Waals surface area contributed by atoms with E-state index in [9.17, 15) is 4.91 Å². The lowest BCUT2D eigenvalue weighted by atomic mass is 9.82. The Morgan fingerprint density at radius 1 is 1.50 bits per heavy atom. The molecule has 0 heterocycles. The van der Waals surface area contributed by atoms with Gasteiger partial charge in [-0.3, -0.25) is 0 Å². The van der Waals surface area contributed by atoms with Crippen molar-refractivity contribution in [3.05, 3.63) is 17.6 Å². The molecule has 0 N–H and O–H groups in total. The molecule has 0 bridgehead atoms. The predicted molar refractivity (Wildman–Crippen MR) is 49.5 cm³/mol. The molecule has 0 aromatic heterocycles. The van der Waals surface area contributed by atoms with Crippen LogP contribution in [0.4, 0.5) is 0 Å². The minimum absolute atomic E-state index is 0.134. The van der Waals surface area contributed by atoms with E-state index in [-0.39, 0.29) is 5.92 Å². The lowest BCUT2D eigenvalue weighted by Crippen LogP contribution is -2.34. The van der Waals surface area contributed by atoms with Gasteiger partial charge in [-0.1, -0.05) is 19.9 Å². The Bertz CT molecular complexity index is 164. The van der Waals surface area contributed by atoms with Crippen LogP contribution in [0.2, 0.25) is 0 Å². The maximum atomic E-state index is 9.96. The second-order valence-corrected chi connectivity index (χ2v) is 3.77. The molecule has 0 amide bonds. The largest absolute Gasteiger partial charge is 0.357 e. The summed E-state index contributed by atoms with van der Waals surface area (Å²) in [6.07, 6.45) is 1.80. The van der Waals surface area contributed by atoms with Gasteiger partial charge >= 0.3 is 0 Å². The smallest absolute Gasteiger partial charge is 0.155 e. The van der Waals surface area contributed by atoms with Crippen molar-refractivity contribution in [2.45, 2.75) is 33.3 Å². The maximum Gasteiger partial charge on any atom is 0.155 e. The average molecular weight is 171 g/mol. The fourth-order valence-corrected chi connectivity index (χ4v) is 1.52. The van der Waals surface area contributed by atoms with Crippen LogP contribution in [0.1, 0.15) is 27.7 Å². The Balaban J connectivity index is 4.45. The van der Waals surface area contributed by atoms with Gasteiger partial charge in [0.05, 0.1) is 0 Å². The molecule has 0 fully saturated rings. The molecule has 1 atom stereocenters. The van der Waals surface area contributed by atoms with Crippen molar-refractivity contribution in [1.82, 2.24) is 0 Å². The molecule has 3 nitrogen and oxygen atoms in total. The standard InChI is InChI=1S/C9H17NO2/c1-6-8(7(2)3)9(4,5)12-10-11/h6-8H,1H2,2-5H3. The molecule has 0 aliphatic carbocycles. The Morgan fingerprint density at radius 2 is 2.00 bits per heavy atom. The second-order valence-electron chi connectivity index (χ2n) is 3.77. The van der Waals surface area contributed by atoms with Crippen LogP contribution in [0, 0.1) is 16.7 Å². The highest BCUT2D eigenvalue weighted by Gasteiger charge is 2.32. The highest BCUT2D eigenvalue weighted by molar-refractivity contribution is 4.93. The summed E-state index contributed by atoms with van der Waals surface area (Å²) in [4.78, 5) is 14.7. The van der Waals surface area contributed by atoms with Gasteiger partial charge in [0, 0.05) is 5.92 Å². The molecule has 1 unspecified atom stereocenters. The van der Waals surface area contributed by atoms with Crippen LogP contribution in [0.3, 0.4) is 0 Å². The van der Waals surface area contributed by atoms with Gasteiger partial charge in [-0.2, -0.15) is 0 Å². The predicted octanol–water partition coefficient (Wildman–Crippen LogP) is 2.92. The Morgan fingerprint density at radius 3 is 2.25 bits per heavy atom. The van der Waals surface area contributed by atoms with Crippen LogP contribution in [-0.2, 0) is 4.84 Å². The van der Waals surface area contributed by atoms with Crippen molar-refractivity contribution >= 4 is 0 Å². The van der Waals surface area contributed by atoms with Crippen LogP contribution in [0.15, 0.2) is 18.0 Å². The van der Waals surface area contributed by atoms with E-state index in [1.807, 2.05) is 13.8 Å². The van der Waals surface area contributed by atoms with Crippen LogP contribution in [0.5, 0.6) is 0 Å². The molecule has 0 rings (SSSR count). The van der Waals surface area contributed by atoms with E-state index in [1.54, 1.807) is 6.08 Å². The van der Waals surface area contributed by atoms with Crippen molar-refractivity contribution in [3.63, 3.8) is 0 Å². The minimum Gasteiger partial charge on any atom is -0.357 e. The van der Waals surface area contributed by atoms with E-state index in [0.29, 0.717) is 5.92 Å². The van der Waals surface area contributed by atoms with Crippen molar-refractivity contribution in [1.29, 1.82) is 0 Å². The molecular formula is C9H17NO2. The molecule has 0 aromatic rings. The number of nitrogens with zero attached hydrogens (tertiary/aromatic N) is 1. The van der Waals surface area contributed by atoms with Crippen molar-refractivity contribution in [3.8, 4) is 0 Å². The first-order valence-electron chi connectivity index (χ1n) is 4.09. The Labute approximate surface area is 73.7 Å². The third-order valence-electron chi connectivity index (χ3n) is 2.05. The fourth-order valence-electron chi connectivity index (χ4n) is 1.52. The molecule has 12 heavy (non-hydrogen) atoms. The first kappa shape index (κ1) is 11.1. The summed E-state index contributed by atoms with van der Waals surface area (Å²) in [6, 6.07) is 0. The summed E-state index contributed by atoms with van der Waals surface area (Å²) in [5.41, 5.74) is -0.558. The normalized spacial score (nSPS) is 14.1. The maximum absolute atomic E-state index is 9.96. The summed E-state index contributed by atoms with van der Waals surface area (Å²) in [5.74, 6) is 0.523. The third-order valence-corrected chi connectivity index (χ3v) is 2.05. The van der Waals surface area contributed by atoms with Gasteiger partial charge in [-0.25, -0.2) is 0 Å². The first-order valence-corrected chi connectivity index (χ1v) is 4.09.